The Morgan fingerprint density at radius 1 is 1.20 bits per heavy atom. The predicted molar refractivity (Wildman–Crippen MR) is 105 cm³/mol. The average Bonchev–Trinajstić information content (AvgIpc) is 2.96. The summed E-state index contributed by atoms with van der Waals surface area (Å²) in [6.45, 7) is 10.9. The van der Waals surface area contributed by atoms with Crippen LogP contribution in [0.25, 0.3) is 10.2 Å². The SMILES string of the molecule is Cc1cc(C)c2sc(N(CC(C)C)C(=O)c3ccc(C)nc3)nc2c1. The lowest BCUT2D eigenvalue weighted by Gasteiger charge is -2.21. The summed E-state index contributed by atoms with van der Waals surface area (Å²) in [7, 11) is 0. The second kappa shape index (κ2) is 6.92. The van der Waals surface area contributed by atoms with Gasteiger partial charge < -0.3 is 0 Å². The van der Waals surface area contributed by atoms with Gasteiger partial charge in [0.05, 0.1) is 15.8 Å². The van der Waals surface area contributed by atoms with Gasteiger partial charge in [-0.05, 0) is 56.0 Å². The Balaban J connectivity index is 2.05. The van der Waals surface area contributed by atoms with Crippen molar-refractivity contribution in [3.05, 3.63) is 52.8 Å². The number of nitrogens with zero attached hydrogens (tertiary/aromatic N) is 3. The molecule has 0 aliphatic carbocycles. The minimum atomic E-state index is -0.0466. The number of rotatable bonds is 4. The lowest BCUT2D eigenvalue weighted by Crippen LogP contribution is -2.34. The van der Waals surface area contributed by atoms with Crippen LogP contribution in [0.3, 0.4) is 0 Å². The number of hydrogen-bond donors (Lipinski definition) is 0. The molecule has 0 aliphatic heterocycles. The van der Waals surface area contributed by atoms with Crippen molar-refractivity contribution < 1.29 is 4.79 Å². The number of anilines is 1. The summed E-state index contributed by atoms with van der Waals surface area (Å²) in [4.78, 5) is 23.9. The van der Waals surface area contributed by atoms with Crippen molar-refractivity contribution in [1.29, 1.82) is 0 Å². The van der Waals surface area contributed by atoms with E-state index in [1.807, 2.05) is 19.1 Å². The van der Waals surface area contributed by atoms with Crippen LogP contribution in [0, 0.1) is 26.7 Å². The van der Waals surface area contributed by atoms with E-state index in [0.717, 1.165) is 21.0 Å². The maximum Gasteiger partial charge on any atom is 0.261 e. The Kier molecular flexibility index (Phi) is 4.86. The van der Waals surface area contributed by atoms with E-state index in [1.165, 1.54) is 11.1 Å². The number of carbonyl (C=O) groups excluding carboxylic acids is 1. The number of aromatic nitrogens is 2. The number of fused-ring (bicyclic) bond motifs is 1. The molecule has 2 heterocycles. The molecule has 0 fully saturated rings. The number of benzene rings is 1. The van der Waals surface area contributed by atoms with Crippen molar-refractivity contribution in [2.45, 2.75) is 34.6 Å². The summed E-state index contributed by atoms with van der Waals surface area (Å²) >= 11 is 1.58. The first kappa shape index (κ1) is 17.5. The Labute approximate surface area is 152 Å². The van der Waals surface area contributed by atoms with Gasteiger partial charge in [0.15, 0.2) is 5.13 Å². The first-order chi connectivity index (χ1) is 11.8. The fraction of sp³-hybridized carbons (Fsp3) is 0.350. The molecule has 0 bridgehead atoms. The van der Waals surface area contributed by atoms with Gasteiger partial charge in [0.1, 0.15) is 0 Å². The van der Waals surface area contributed by atoms with Crippen molar-refractivity contribution in [1.82, 2.24) is 9.97 Å². The van der Waals surface area contributed by atoms with E-state index >= 15 is 0 Å². The predicted octanol–water partition coefficient (Wildman–Crippen LogP) is 4.92. The van der Waals surface area contributed by atoms with Crippen LogP contribution in [0.15, 0.2) is 30.5 Å². The van der Waals surface area contributed by atoms with Crippen molar-refractivity contribution in [3.63, 3.8) is 0 Å². The quantitative estimate of drug-likeness (QED) is 0.669. The molecule has 4 nitrogen and oxygen atoms in total. The minimum absolute atomic E-state index is 0.0466. The van der Waals surface area contributed by atoms with Crippen LogP contribution < -0.4 is 4.90 Å². The smallest absolute Gasteiger partial charge is 0.261 e. The molecular weight excluding hydrogens is 330 g/mol. The molecular formula is C20H23N3OS. The largest absolute Gasteiger partial charge is 0.284 e. The van der Waals surface area contributed by atoms with E-state index in [4.69, 9.17) is 4.98 Å². The molecule has 3 aromatic rings. The lowest BCUT2D eigenvalue weighted by molar-refractivity contribution is 0.0983. The third-order valence-electron chi connectivity index (χ3n) is 3.99. The van der Waals surface area contributed by atoms with Gasteiger partial charge >= 0.3 is 0 Å². The zero-order valence-corrected chi connectivity index (χ0v) is 16.1. The Hall–Kier alpha value is -2.27. The van der Waals surface area contributed by atoms with Gasteiger partial charge in [0.2, 0.25) is 0 Å². The highest BCUT2D eigenvalue weighted by Crippen LogP contribution is 2.33. The van der Waals surface area contributed by atoms with Crippen molar-refractivity contribution >= 4 is 32.6 Å². The monoisotopic (exact) mass is 353 g/mol. The average molecular weight is 353 g/mol. The standard InChI is InChI=1S/C20H23N3OS/c1-12(2)11-23(19(24)16-7-6-15(5)21-10-16)20-22-17-9-13(3)8-14(4)18(17)25-20/h6-10,12H,11H2,1-5H3. The Bertz CT molecular complexity index is 913. The fourth-order valence-electron chi connectivity index (χ4n) is 2.84. The zero-order chi connectivity index (χ0) is 18.1. The van der Waals surface area contributed by atoms with Crippen LogP contribution in [0.1, 0.15) is 41.0 Å². The van der Waals surface area contributed by atoms with Gasteiger partial charge in [-0.1, -0.05) is 31.3 Å². The summed E-state index contributed by atoms with van der Waals surface area (Å²) in [6.07, 6.45) is 1.65. The number of pyridine rings is 1. The summed E-state index contributed by atoms with van der Waals surface area (Å²) in [5.41, 5.74) is 4.84. The third kappa shape index (κ3) is 3.71. The number of carbonyl (C=O) groups is 1. The summed E-state index contributed by atoms with van der Waals surface area (Å²) in [6, 6.07) is 7.93. The van der Waals surface area contributed by atoms with E-state index in [2.05, 4.69) is 44.8 Å². The van der Waals surface area contributed by atoms with Crippen LogP contribution in [0.5, 0.6) is 0 Å². The molecule has 0 saturated heterocycles. The minimum Gasteiger partial charge on any atom is -0.284 e. The second-order valence-corrected chi connectivity index (χ2v) is 7.90. The molecule has 0 radical (unpaired) electrons. The van der Waals surface area contributed by atoms with Crippen molar-refractivity contribution in [2.75, 3.05) is 11.4 Å². The van der Waals surface area contributed by atoms with Gasteiger partial charge in [-0.15, -0.1) is 0 Å². The van der Waals surface area contributed by atoms with Gasteiger partial charge in [-0.25, -0.2) is 4.98 Å². The van der Waals surface area contributed by atoms with Gasteiger partial charge in [-0.2, -0.15) is 0 Å². The van der Waals surface area contributed by atoms with Gasteiger partial charge in [0, 0.05) is 18.4 Å². The highest BCUT2D eigenvalue weighted by molar-refractivity contribution is 7.22. The molecule has 0 saturated carbocycles. The van der Waals surface area contributed by atoms with E-state index in [-0.39, 0.29) is 5.91 Å². The van der Waals surface area contributed by atoms with Crippen LogP contribution >= 0.6 is 11.3 Å². The van der Waals surface area contributed by atoms with E-state index in [0.29, 0.717) is 18.0 Å². The van der Waals surface area contributed by atoms with Crippen LogP contribution in [-0.4, -0.2) is 22.4 Å². The van der Waals surface area contributed by atoms with Gasteiger partial charge in [0.25, 0.3) is 5.91 Å². The van der Waals surface area contributed by atoms with E-state index in [1.54, 1.807) is 22.4 Å². The zero-order valence-electron chi connectivity index (χ0n) is 15.3. The molecule has 1 amide bonds. The van der Waals surface area contributed by atoms with Crippen LogP contribution in [-0.2, 0) is 0 Å². The lowest BCUT2D eigenvalue weighted by atomic mass is 10.1. The fourth-order valence-corrected chi connectivity index (χ4v) is 3.87. The molecule has 5 heteroatoms. The molecule has 1 aromatic carbocycles. The third-order valence-corrected chi connectivity index (χ3v) is 5.22. The number of thiazole rings is 1. The highest BCUT2D eigenvalue weighted by Gasteiger charge is 2.23. The molecule has 0 unspecified atom stereocenters. The summed E-state index contributed by atoms with van der Waals surface area (Å²) in [5, 5.41) is 0.753. The van der Waals surface area contributed by atoms with Crippen molar-refractivity contribution in [3.8, 4) is 0 Å². The molecule has 3 rings (SSSR count). The number of aryl methyl sites for hydroxylation is 3. The van der Waals surface area contributed by atoms with Crippen LogP contribution in [0.2, 0.25) is 0 Å². The highest BCUT2D eigenvalue weighted by atomic mass is 32.1. The number of amides is 1. The Morgan fingerprint density at radius 2 is 1.96 bits per heavy atom. The van der Waals surface area contributed by atoms with Gasteiger partial charge in [-0.3, -0.25) is 14.7 Å². The Morgan fingerprint density at radius 3 is 2.60 bits per heavy atom. The molecule has 25 heavy (non-hydrogen) atoms. The molecule has 0 atom stereocenters. The van der Waals surface area contributed by atoms with E-state index in [9.17, 15) is 4.79 Å². The first-order valence-corrected chi connectivity index (χ1v) is 9.29. The molecule has 0 spiro atoms. The first-order valence-electron chi connectivity index (χ1n) is 8.47. The van der Waals surface area contributed by atoms with Crippen LogP contribution in [0.4, 0.5) is 5.13 Å². The number of hydrogen-bond acceptors (Lipinski definition) is 4. The van der Waals surface area contributed by atoms with E-state index < -0.39 is 0 Å². The molecule has 2 aromatic heterocycles. The summed E-state index contributed by atoms with van der Waals surface area (Å²) in [5.74, 6) is 0.298. The van der Waals surface area contributed by atoms with Crippen molar-refractivity contribution in [2.24, 2.45) is 5.92 Å². The summed E-state index contributed by atoms with van der Waals surface area (Å²) < 4.78 is 1.14. The normalized spacial score (nSPS) is 11.3. The topological polar surface area (TPSA) is 46.1 Å². The molecule has 0 N–H and O–H groups in total. The second-order valence-electron chi connectivity index (χ2n) is 6.92. The maximum atomic E-state index is 13.1. The maximum absolute atomic E-state index is 13.1. The molecule has 130 valence electrons. The molecule has 0 aliphatic rings.